The molecule has 0 bridgehead atoms. The fourth-order valence-corrected chi connectivity index (χ4v) is 4.39. The van der Waals surface area contributed by atoms with Crippen molar-refractivity contribution >= 4 is 11.9 Å². The van der Waals surface area contributed by atoms with Crippen LogP contribution in [0.15, 0.2) is 47.7 Å². The Labute approximate surface area is 174 Å². The van der Waals surface area contributed by atoms with Gasteiger partial charge in [0.1, 0.15) is 0 Å². The van der Waals surface area contributed by atoms with Gasteiger partial charge in [-0.2, -0.15) is 0 Å². The summed E-state index contributed by atoms with van der Waals surface area (Å²) < 4.78 is 10.8. The molecule has 0 radical (unpaired) electrons. The minimum Gasteiger partial charge on any atom is -0.454 e. The lowest BCUT2D eigenvalue weighted by molar-refractivity contribution is -0.126. The molecule has 3 aliphatic rings. The van der Waals surface area contributed by atoms with Crippen molar-refractivity contribution in [3.05, 3.63) is 69.9 Å². The number of ether oxygens (including phenoxy) is 2. The highest BCUT2D eigenvalue weighted by Gasteiger charge is 2.43. The maximum atomic E-state index is 13.4. The summed E-state index contributed by atoms with van der Waals surface area (Å²) >= 11 is 0. The second-order valence-corrected chi connectivity index (χ2v) is 8.01. The third-order valence-corrected chi connectivity index (χ3v) is 5.98. The van der Waals surface area contributed by atoms with Crippen LogP contribution in [0.25, 0.3) is 0 Å². The van der Waals surface area contributed by atoms with Crippen LogP contribution in [-0.2, 0) is 11.3 Å². The molecule has 1 atom stereocenters. The van der Waals surface area contributed by atoms with Gasteiger partial charge in [0, 0.05) is 13.6 Å². The van der Waals surface area contributed by atoms with Crippen molar-refractivity contribution in [3.8, 4) is 11.5 Å². The lowest BCUT2D eigenvalue weighted by atomic mass is 9.91. The lowest BCUT2D eigenvalue weighted by Gasteiger charge is -2.31. The normalized spacial score (nSPS) is 20.0. The second kappa shape index (κ2) is 6.79. The largest absolute Gasteiger partial charge is 0.454 e. The lowest BCUT2D eigenvalue weighted by Crippen LogP contribution is -2.45. The molecule has 2 aromatic rings. The summed E-state index contributed by atoms with van der Waals surface area (Å²) in [5, 5.41) is 3.01. The summed E-state index contributed by atoms with van der Waals surface area (Å²) in [4.78, 5) is 29.4. The van der Waals surface area contributed by atoms with E-state index in [0.29, 0.717) is 30.2 Å². The van der Waals surface area contributed by atoms with E-state index in [0.717, 1.165) is 28.0 Å². The predicted octanol–water partition coefficient (Wildman–Crippen LogP) is 3.02. The third kappa shape index (κ3) is 2.89. The van der Waals surface area contributed by atoms with Crippen LogP contribution in [0, 0.1) is 13.8 Å². The van der Waals surface area contributed by atoms with Gasteiger partial charge in [0.2, 0.25) is 6.79 Å². The summed E-state index contributed by atoms with van der Waals surface area (Å²) in [6.07, 6.45) is 0. The Morgan fingerprint density at radius 3 is 2.67 bits per heavy atom. The van der Waals surface area contributed by atoms with Gasteiger partial charge in [0.05, 0.1) is 23.9 Å². The number of rotatable bonds is 3. The molecule has 0 aliphatic carbocycles. The Bertz CT molecular complexity index is 1110. The standard InChI is InChI=1S/C23H23N3O4/c1-13-4-6-16(14(2)8-13)21-20-17(25(3)23(28)24-21)11-26(22(20)27)10-15-5-7-18-19(9-15)30-12-29-18/h4-9,21H,10-12H2,1-3H3,(H,24,28). The molecule has 0 aromatic heterocycles. The SMILES string of the molecule is Cc1ccc(C2NC(=O)N(C)C3=C2C(=O)N(Cc2ccc4c(c2)OCO4)C3)c(C)c1. The summed E-state index contributed by atoms with van der Waals surface area (Å²) in [6.45, 7) is 5.09. The van der Waals surface area contributed by atoms with Crippen molar-refractivity contribution in [2.24, 2.45) is 0 Å². The third-order valence-electron chi connectivity index (χ3n) is 5.98. The number of nitrogens with one attached hydrogen (secondary N) is 1. The fourth-order valence-electron chi connectivity index (χ4n) is 4.39. The minimum atomic E-state index is -0.446. The molecule has 7 heteroatoms. The van der Waals surface area contributed by atoms with E-state index in [2.05, 4.69) is 11.4 Å². The van der Waals surface area contributed by atoms with E-state index >= 15 is 0 Å². The number of urea groups is 1. The molecular formula is C23H23N3O4. The van der Waals surface area contributed by atoms with Crippen LogP contribution in [0.4, 0.5) is 4.79 Å². The molecule has 3 heterocycles. The van der Waals surface area contributed by atoms with E-state index in [-0.39, 0.29) is 18.7 Å². The highest BCUT2D eigenvalue weighted by atomic mass is 16.7. The van der Waals surface area contributed by atoms with Crippen molar-refractivity contribution in [2.45, 2.75) is 26.4 Å². The number of nitrogens with zero attached hydrogens (tertiary/aromatic N) is 2. The van der Waals surface area contributed by atoms with Crippen molar-refractivity contribution in [1.82, 2.24) is 15.1 Å². The zero-order chi connectivity index (χ0) is 21.0. The van der Waals surface area contributed by atoms with E-state index in [1.54, 1.807) is 16.8 Å². The van der Waals surface area contributed by atoms with E-state index < -0.39 is 6.04 Å². The maximum Gasteiger partial charge on any atom is 0.322 e. The molecule has 0 saturated carbocycles. The van der Waals surface area contributed by atoms with Crippen LogP contribution in [0.1, 0.15) is 28.3 Å². The topological polar surface area (TPSA) is 71.1 Å². The Hall–Kier alpha value is -3.48. The highest BCUT2D eigenvalue weighted by molar-refractivity contribution is 6.01. The first kappa shape index (κ1) is 18.5. The van der Waals surface area contributed by atoms with Crippen LogP contribution in [0.3, 0.4) is 0 Å². The second-order valence-electron chi connectivity index (χ2n) is 8.01. The number of amides is 3. The molecular weight excluding hydrogens is 382 g/mol. The first-order valence-corrected chi connectivity index (χ1v) is 9.94. The fraction of sp³-hybridized carbons (Fsp3) is 0.304. The molecule has 7 nitrogen and oxygen atoms in total. The predicted molar refractivity (Wildman–Crippen MR) is 110 cm³/mol. The van der Waals surface area contributed by atoms with Gasteiger partial charge in [-0.15, -0.1) is 0 Å². The zero-order valence-electron chi connectivity index (χ0n) is 17.2. The number of benzene rings is 2. The van der Waals surface area contributed by atoms with Crippen molar-refractivity contribution in [1.29, 1.82) is 0 Å². The quantitative estimate of drug-likeness (QED) is 0.852. The first-order chi connectivity index (χ1) is 14.4. The molecule has 1 N–H and O–H groups in total. The van der Waals surface area contributed by atoms with E-state index in [1.165, 1.54) is 0 Å². The Balaban J connectivity index is 1.47. The van der Waals surface area contributed by atoms with Crippen LogP contribution in [0.2, 0.25) is 0 Å². The Kier molecular flexibility index (Phi) is 4.20. The number of fused-ring (bicyclic) bond motifs is 1. The molecule has 1 unspecified atom stereocenters. The Morgan fingerprint density at radius 2 is 1.87 bits per heavy atom. The summed E-state index contributed by atoms with van der Waals surface area (Å²) in [6, 6.07) is 11.1. The molecule has 0 saturated heterocycles. The monoisotopic (exact) mass is 405 g/mol. The number of hydrogen-bond acceptors (Lipinski definition) is 4. The zero-order valence-corrected chi connectivity index (χ0v) is 17.2. The van der Waals surface area contributed by atoms with Crippen molar-refractivity contribution < 1.29 is 19.1 Å². The van der Waals surface area contributed by atoms with Gasteiger partial charge in [0.15, 0.2) is 11.5 Å². The van der Waals surface area contributed by atoms with E-state index in [1.807, 2.05) is 44.2 Å². The highest BCUT2D eigenvalue weighted by Crippen LogP contribution is 2.38. The number of aryl methyl sites for hydroxylation is 2. The van der Waals surface area contributed by atoms with Crippen LogP contribution in [-0.4, -0.2) is 42.1 Å². The number of carbonyl (C=O) groups excluding carboxylic acids is 2. The molecule has 3 amide bonds. The van der Waals surface area contributed by atoms with Gasteiger partial charge < -0.3 is 19.7 Å². The molecule has 2 aromatic carbocycles. The van der Waals surface area contributed by atoms with Gasteiger partial charge in [0.25, 0.3) is 5.91 Å². The van der Waals surface area contributed by atoms with Crippen LogP contribution in [0.5, 0.6) is 11.5 Å². The summed E-state index contributed by atoms with van der Waals surface area (Å²) in [7, 11) is 1.71. The van der Waals surface area contributed by atoms with Gasteiger partial charge in [-0.25, -0.2) is 4.79 Å². The minimum absolute atomic E-state index is 0.0560. The molecule has 30 heavy (non-hydrogen) atoms. The number of likely N-dealkylation sites (N-methyl/N-ethyl adjacent to an activating group) is 1. The number of hydrogen-bond donors (Lipinski definition) is 1. The molecule has 3 aliphatic heterocycles. The van der Waals surface area contributed by atoms with Crippen LogP contribution < -0.4 is 14.8 Å². The summed E-state index contributed by atoms with van der Waals surface area (Å²) in [5.74, 6) is 1.35. The Morgan fingerprint density at radius 1 is 1.07 bits per heavy atom. The molecule has 154 valence electrons. The van der Waals surface area contributed by atoms with Crippen molar-refractivity contribution in [3.63, 3.8) is 0 Å². The maximum absolute atomic E-state index is 13.4. The average Bonchev–Trinajstić information content (AvgIpc) is 3.30. The van der Waals surface area contributed by atoms with Crippen LogP contribution >= 0.6 is 0 Å². The molecule has 5 rings (SSSR count). The number of carbonyl (C=O) groups is 2. The van der Waals surface area contributed by atoms with Gasteiger partial charge >= 0.3 is 6.03 Å². The first-order valence-electron chi connectivity index (χ1n) is 9.94. The van der Waals surface area contributed by atoms with E-state index in [4.69, 9.17) is 9.47 Å². The average molecular weight is 405 g/mol. The van der Waals surface area contributed by atoms with Crippen molar-refractivity contribution in [2.75, 3.05) is 20.4 Å². The molecule has 0 fully saturated rings. The summed E-state index contributed by atoms with van der Waals surface area (Å²) in [5.41, 5.74) is 5.51. The van der Waals surface area contributed by atoms with Gasteiger partial charge in [-0.3, -0.25) is 9.69 Å². The molecule has 0 spiro atoms. The van der Waals surface area contributed by atoms with Gasteiger partial charge in [-0.1, -0.05) is 29.8 Å². The van der Waals surface area contributed by atoms with E-state index in [9.17, 15) is 9.59 Å². The smallest absolute Gasteiger partial charge is 0.322 e. The van der Waals surface area contributed by atoms with Gasteiger partial charge in [-0.05, 0) is 42.7 Å².